The van der Waals surface area contributed by atoms with Crippen LogP contribution in [0, 0.1) is 13.8 Å². The fraction of sp³-hybridized carbons (Fsp3) is 0.440. The number of carbonyl (C=O) groups is 2. The average molecular weight is 437 g/mol. The van der Waals surface area contributed by atoms with E-state index in [1.54, 1.807) is 11.0 Å². The number of para-hydroxylation sites is 2. The van der Waals surface area contributed by atoms with Crippen molar-refractivity contribution in [2.24, 2.45) is 0 Å². The fourth-order valence-corrected chi connectivity index (χ4v) is 5.17. The van der Waals surface area contributed by atoms with E-state index in [0.717, 1.165) is 36.8 Å². The van der Waals surface area contributed by atoms with Crippen LogP contribution in [0.4, 0.5) is 21.0 Å². The molecule has 1 saturated carbocycles. The zero-order chi connectivity index (χ0) is 23.0. The van der Waals surface area contributed by atoms with Gasteiger partial charge < -0.3 is 10.2 Å². The van der Waals surface area contributed by atoms with Gasteiger partial charge in [0.05, 0.1) is 11.2 Å². The number of aryl methyl sites for hydroxylation is 2. The number of carbonyl (C=O) groups excluding carboxylic acids is 2. The third kappa shape index (κ3) is 3.71. The molecule has 0 radical (unpaired) electrons. The van der Waals surface area contributed by atoms with Crippen LogP contribution in [0.1, 0.15) is 50.7 Å². The van der Waals surface area contributed by atoms with Gasteiger partial charge in [-0.1, -0.05) is 49.2 Å². The van der Waals surface area contributed by atoms with Crippen molar-refractivity contribution in [1.29, 1.82) is 0 Å². The Balaban J connectivity index is 1.73. The summed E-state index contributed by atoms with van der Waals surface area (Å²) in [6.45, 7) is 7.68. The molecule has 7 nitrogen and oxygen atoms in total. The number of rotatable bonds is 4. The van der Waals surface area contributed by atoms with E-state index in [4.69, 9.17) is 0 Å². The molecular weight excluding hydrogens is 404 g/mol. The average Bonchev–Trinajstić information content (AvgIpc) is 3.33. The normalized spacial score (nSPS) is 20.7. The second kappa shape index (κ2) is 8.47. The van der Waals surface area contributed by atoms with Gasteiger partial charge >= 0.3 is 12.1 Å². The zero-order valence-corrected chi connectivity index (χ0v) is 19.2. The molecule has 1 heterocycles. The number of benzene rings is 2. The van der Waals surface area contributed by atoms with Crippen LogP contribution in [0.5, 0.6) is 0 Å². The second-order valence-corrected chi connectivity index (χ2v) is 9.36. The molecule has 7 heteroatoms. The molecule has 0 unspecified atom stereocenters. The third-order valence-corrected chi connectivity index (χ3v) is 6.80. The minimum Gasteiger partial charge on any atom is -0.312 e. The van der Waals surface area contributed by atoms with E-state index in [-0.39, 0.29) is 12.1 Å². The first-order chi connectivity index (χ1) is 15.2. The summed E-state index contributed by atoms with van der Waals surface area (Å²) in [6.07, 6.45) is 3.14. The maximum Gasteiger partial charge on any atom is 0.347 e. The Kier molecular flexibility index (Phi) is 5.86. The lowest BCUT2D eigenvalue weighted by Crippen LogP contribution is -2.59. The van der Waals surface area contributed by atoms with Crippen molar-refractivity contribution in [2.75, 3.05) is 10.2 Å². The molecular formula is C25H32N4O3. The number of urea groups is 2. The van der Waals surface area contributed by atoms with Crippen molar-refractivity contribution in [3.8, 4) is 0 Å². The number of nitrogens with one attached hydrogen (secondary N) is 1. The summed E-state index contributed by atoms with van der Waals surface area (Å²) < 4.78 is 0. The molecule has 2 N–H and O–H groups in total. The molecule has 0 aromatic heterocycles. The minimum absolute atomic E-state index is 0.0989. The van der Waals surface area contributed by atoms with Crippen LogP contribution < -0.4 is 10.2 Å². The van der Waals surface area contributed by atoms with E-state index < -0.39 is 17.7 Å². The highest BCUT2D eigenvalue weighted by Crippen LogP contribution is 2.43. The number of nitrogens with zero attached hydrogens (tertiary/aromatic N) is 3. The van der Waals surface area contributed by atoms with Gasteiger partial charge in [0, 0.05) is 11.7 Å². The van der Waals surface area contributed by atoms with E-state index in [1.165, 1.54) is 0 Å². The quantitative estimate of drug-likeness (QED) is 0.490. The number of anilines is 2. The molecule has 1 aliphatic heterocycles. The van der Waals surface area contributed by atoms with Crippen molar-refractivity contribution in [3.05, 3.63) is 59.7 Å². The number of hydroxylamine groups is 2. The number of hydrogen-bond acceptors (Lipinski definition) is 3. The summed E-state index contributed by atoms with van der Waals surface area (Å²) in [5.41, 5.74) is 2.31. The number of hydrogen-bond donors (Lipinski definition) is 2. The summed E-state index contributed by atoms with van der Waals surface area (Å²) in [5, 5.41) is 14.7. The maximum atomic E-state index is 13.8. The van der Waals surface area contributed by atoms with Crippen molar-refractivity contribution in [3.63, 3.8) is 0 Å². The highest BCUT2D eigenvalue weighted by atomic mass is 16.5. The van der Waals surface area contributed by atoms with Gasteiger partial charge in [-0.2, -0.15) is 5.06 Å². The summed E-state index contributed by atoms with van der Waals surface area (Å²) in [6, 6.07) is 14.2. The van der Waals surface area contributed by atoms with Gasteiger partial charge in [-0.05, 0) is 63.8 Å². The van der Waals surface area contributed by atoms with Crippen LogP contribution in [0.15, 0.2) is 48.5 Å². The van der Waals surface area contributed by atoms with E-state index in [1.807, 2.05) is 75.1 Å². The van der Waals surface area contributed by atoms with Gasteiger partial charge in [0.2, 0.25) is 0 Å². The highest BCUT2D eigenvalue weighted by Gasteiger charge is 2.58. The molecule has 2 aliphatic rings. The van der Waals surface area contributed by atoms with Gasteiger partial charge in [-0.15, -0.1) is 0 Å². The SMILES string of the molecule is Cc1ccccc1NC(=O)N(O)[C@H]1N(c2ccccc2C)C(=O)N(C2CCCC2)C1(C)C. The van der Waals surface area contributed by atoms with Crippen molar-refractivity contribution in [1.82, 2.24) is 9.96 Å². The smallest absolute Gasteiger partial charge is 0.312 e. The molecule has 4 amide bonds. The molecule has 170 valence electrons. The Hall–Kier alpha value is -3.06. The Morgan fingerprint density at radius 2 is 1.62 bits per heavy atom. The summed E-state index contributed by atoms with van der Waals surface area (Å²) in [5.74, 6) is 0. The standard InChI is InChI=1S/C25H32N4O3/c1-17-11-5-9-15-20(17)26-23(30)29(32)22-25(3,4)28(19-13-7-8-14-19)24(31)27(22)21-16-10-6-12-18(21)2/h5-6,9-12,15-16,19,22,32H,7-8,13-14H2,1-4H3,(H,26,30)/t22-/m1/s1. The second-order valence-electron chi connectivity index (χ2n) is 9.36. The maximum absolute atomic E-state index is 13.8. The van der Waals surface area contributed by atoms with Crippen LogP contribution in [0.3, 0.4) is 0 Å². The molecule has 2 aromatic carbocycles. The molecule has 1 atom stereocenters. The Labute approximate surface area is 189 Å². The molecule has 0 spiro atoms. The Morgan fingerprint density at radius 1 is 1.03 bits per heavy atom. The Morgan fingerprint density at radius 3 is 2.25 bits per heavy atom. The fourth-order valence-electron chi connectivity index (χ4n) is 5.17. The van der Waals surface area contributed by atoms with Crippen LogP contribution in [0.25, 0.3) is 0 Å². The van der Waals surface area contributed by atoms with Gasteiger partial charge in [0.25, 0.3) is 0 Å². The molecule has 4 rings (SSSR count). The lowest BCUT2D eigenvalue weighted by molar-refractivity contribution is -0.0976. The first-order valence-electron chi connectivity index (χ1n) is 11.3. The lowest BCUT2D eigenvalue weighted by Gasteiger charge is -2.40. The summed E-state index contributed by atoms with van der Waals surface area (Å²) in [7, 11) is 0. The van der Waals surface area contributed by atoms with Gasteiger partial charge in [-0.3, -0.25) is 10.1 Å². The summed E-state index contributed by atoms with van der Waals surface area (Å²) in [4.78, 5) is 30.4. The van der Waals surface area contributed by atoms with Gasteiger partial charge in [0.15, 0.2) is 6.17 Å². The van der Waals surface area contributed by atoms with E-state index in [2.05, 4.69) is 5.32 Å². The predicted molar refractivity (Wildman–Crippen MR) is 125 cm³/mol. The number of amides is 4. The largest absolute Gasteiger partial charge is 0.347 e. The third-order valence-electron chi connectivity index (χ3n) is 6.80. The highest BCUT2D eigenvalue weighted by molar-refractivity contribution is 5.99. The van der Waals surface area contributed by atoms with E-state index in [0.29, 0.717) is 16.4 Å². The minimum atomic E-state index is -0.888. The van der Waals surface area contributed by atoms with Crippen molar-refractivity contribution < 1.29 is 14.8 Å². The first kappa shape index (κ1) is 22.1. The van der Waals surface area contributed by atoms with Crippen molar-refractivity contribution in [2.45, 2.75) is 71.1 Å². The lowest BCUT2D eigenvalue weighted by atomic mass is 9.97. The zero-order valence-electron chi connectivity index (χ0n) is 19.2. The van der Waals surface area contributed by atoms with Crippen molar-refractivity contribution >= 4 is 23.4 Å². The monoisotopic (exact) mass is 436 g/mol. The molecule has 1 aliphatic carbocycles. The predicted octanol–water partition coefficient (Wildman–Crippen LogP) is 5.52. The van der Waals surface area contributed by atoms with Crippen LogP contribution in [-0.4, -0.2) is 45.0 Å². The van der Waals surface area contributed by atoms with Gasteiger partial charge in [-0.25, -0.2) is 9.59 Å². The van der Waals surface area contributed by atoms with E-state index >= 15 is 0 Å². The van der Waals surface area contributed by atoms with Gasteiger partial charge in [0.1, 0.15) is 0 Å². The van der Waals surface area contributed by atoms with Crippen LogP contribution >= 0.6 is 0 Å². The van der Waals surface area contributed by atoms with Crippen LogP contribution in [-0.2, 0) is 0 Å². The first-order valence-corrected chi connectivity index (χ1v) is 11.3. The molecule has 32 heavy (non-hydrogen) atoms. The Bertz CT molecular complexity index is 1020. The van der Waals surface area contributed by atoms with Crippen LogP contribution in [0.2, 0.25) is 0 Å². The summed E-state index contributed by atoms with van der Waals surface area (Å²) >= 11 is 0. The molecule has 2 fully saturated rings. The molecule has 2 aromatic rings. The van der Waals surface area contributed by atoms with E-state index in [9.17, 15) is 14.8 Å². The topological polar surface area (TPSA) is 76.1 Å². The molecule has 0 bridgehead atoms. The molecule has 1 saturated heterocycles.